The van der Waals surface area contributed by atoms with Gasteiger partial charge < -0.3 is 9.64 Å². The van der Waals surface area contributed by atoms with Crippen LogP contribution in [0.5, 0.6) is 5.75 Å². The number of rotatable bonds is 6. The zero-order valence-corrected chi connectivity index (χ0v) is 15.3. The number of nitrogens with zero attached hydrogens (tertiary/aromatic N) is 2. The predicted octanol–water partition coefficient (Wildman–Crippen LogP) is 1.76. The maximum absolute atomic E-state index is 13.9. The number of ether oxygens (including phenoxy) is 1. The first-order chi connectivity index (χ1) is 12.5. The Kier molecular flexibility index (Phi) is 5.32. The first-order valence-electron chi connectivity index (χ1n) is 8.65. The van der Waals surface area contributed by atoms with Gasteiger partial charge in [-0.05, 0) is 43.7 Å². The molecule has 1 N–H and O–H groups in total. The van der Waals surface area contributed by atoms with Crippen molar-refractivity contribution in [2.24, 2.45) is 0 Å². The lowest BCUT2D eigenvalue weighted by Gasteiger charge is -2.18. The van der Waals surface area contributed by atoms with Gasteiger partial charge in [0.1, 0.15) is 24.4 Å². The molecule has 0 saturated heterocycles. The third-order valence-electron chi connectivity index (χ3n) is 4.46. The van der Waals surface area contributed by atoms with Crippen molar-refractivity contribution < 1.29 is 14.0 Å². The standard InChI is InChI=1S/C20H22FN3O2/c1-4-23(12-15-6-7-18(26-3)17(21)9-15)13-16-10-20(25)24-11-14(2)5-8-19(24)22-16/h5-11H,4,12-13H2,1-3H3/p+1. The summed E-state index contributed by atoms with van der Waals surface area (Å²) in [5.74, 6) is -0.121. The van der Waals surface area contributed by atoms with Crippen LogP contribution in [0.1, 0.15) is 23.7 Å². The molecule has 0 amide bonds. The summed E-state index contributed by atoms with van der Waals surface area (Å²) in [7, 11) is 1.45. The van der Waals surface area contributed by atoms with Gasteiger partial charge in [0, 0.05) is 17.8 Å². The van der Waals surface area contributed by atoms with Crippen LogP contribution in [0.4, 0.5) is 4.39 Å². The monoisotopic (exact) mass is 356 g/mol. The Labute approximate surface area is 151 Å². The molecule has 5 nitrogen and oxygen atoms in total. The van der Waals surface area contributed by atoms with Crippen LogP contribution in [-0.4, -0.2) is 23.0 Å². The second kappa shape index (κ2) is 7.66. The maximum Gasteiger partial charge on any atom is 0.258 e. The van der Waals surface area contributed by atoms with Crippen LogP contribution in [0.25, 0.3) is 5.65 Å². The van der Waals surface area contributed by atoms with E-state index in [1.54, 1.807) is 22.7 Å². The van der Waals surface area contributed by atoms with E-state index in [1.165, 1.54) is 18.1 Å². The molecule has 0 spiro atoms. The molecule has 0 aliphatic rings. The number of hydrogen-bond donors (Lipinski definition) is 1. The fourth-order valence-electron chi connectivity index (χ4n) is 3.03. The number of benzene rings is 1. The summed E-state index contributed by atoms with van der Waals surface area (Å²) >= 11 is 0. The topological polar surface area (TPSA) is 48.0 Å². The lowest BCUT2D eigenvalue weighted by Crippen LogP contribution is -3.09. The van der Waals surface area contributed by atoms with Gasteiger partial charge in [0.05, 0.1) is 13.7 Å². The molecule has 2 aromatic heterocycles. The molecule has 1 atom stereocenters. The summed E-state index contributed by atoms with van der Waals surface area (Å²) in [6, 6.07) is 10.4. The Morgan fingerprint density at radius 2 is 2.00 bits per heavy atom. The van der Waals surface area contributed by atoms with Gasteiger partial charge in [-0.25, -0.2) is 9.37 Å². The minimum absolute atomic E-state index is 0.0837. The molecule has 26 heavy (non-hydrogen) atoms. The largest absolute Gasteiger partial charge is 0.494 e. The third kappa shape index (κ3) is 3.91. The molecule has 136 valence electrons. The number of fused-ring (bicyclic) bond motifs is 1. The lowest BCUT2D eigenvalue weighted by atomic mass is 10.2. The molecule has 3 aromatic rings. The zero-order valence-electron chi connectivity index (χ0n) is 15.3. The quantitative estimate of drug-likeness (QED) is 0.732. The van der Waals surface area contributed by atoms with Crippen molar-refractivity contribution in [1.82, 2.24) is 9.38 Å². The predicted molar refractivity (Wildman–Crippen MR) is 98.1 cm³/mol. The van der Waals surface area contributed by atoms with E-state index in [1.807, 2.05) is 25.1 Å². The van der Waals surface area contributed by atoms with Gasteiger partial charge in [0.25, 0.3) is 5.56 Å². The van der Waals surface area contributed by atoms with Crippen molar-refractivity contribution in [3.05, 3.63) is 75.6 Å². The normalized spacial score (nSPS) is 12.3. The molecule has 0 bridgehead atoms. The molecular weight excluding hydrogens is 333 g/mol. The second-order valence-electron chi connectivity index (χ2n) is 6.45. The second-order valence-corrected chi connectivity index (χ2v) is 6.45. The van der Waals surface area contributed by atoms with Crippen LogP contribution in [0.3, 0.4) is 0 Å². The van der Waals surface area contributed by atoms with Crippen molar-refractivity contribution in [3.8, 4) is 5.75 Å². The summed E-state index contributed by atoms with van der Waals surface area (Å²) in [4.78, 5) is 18.1. The molecule has 1 unspecified atom stereocenters. The number of aryl methyl sites for hydroxylation is 1. The highest BCUT2D eigenvalue weighted by atomic mass is 19.1. The van der Waals surface area contributed by atoms with Gasteiger partial charge in [-0.2, -0.15) is 0 Å². The number of nitrogens with one attached hydrogen (secondary N) is 1. The van der Waals surface area contributed by atoms with Crippen molar-refractivity contribution in [3.63, 3.8) is 0 Å². The van der Waals surface area contributed by atoms with E-state index in [9.17, 15) is 9.18 Å². The first-order valence-corrected chi connectivity index (χ1v) is 8.65. The third-order valence-corrected chi connectivity index (χ3v) is 4.46. The van der Waals surface area contributed by atoms with Crippen molar-refractivity contribution in [1.29, 1.82) is 0 Å². The van der Waals surface area contributed by atoms with Gasteiger partial charge in [-0.1, -0.05) is 6.07 Å². The van der Waals surface area contributed by atoms with Crippen molar-refractivity contribution in [2.45, 2.75) is 26.9 Å². The minimum atomic E-state index is -0.363. The van der Waals surface area contributed by atoms with E-state index in [0.717, 1.165) is 23.4 Å². The van der Waals surface area contributed by atoms with E-state index in [2.05, 4.69) is 11.9 Å². The number of aromatic nitrogens is 2. The van der Waals surface area contributed by atoms with Gasteiger partial charge in [-0.3, -0.25) is 9.20 Å². The van der Waals surface area contributed by atoms with E-state index < -0.39 is 0 Å². The number of methoxy groups -OCH3 is 1. The highest BCUT2D eigenvalue weighted by Gasteiger charge is 2.13. The Hall–Kier alpha value is -2.73. The van der Waals surface area contributed by atoms with E-state index in [4.69, 9.17) is 4.74 Å². The number of hydrogen-bond acceptors (Lipinski definition) is 3. The molecule has 0 saturated carbocycles. The SMILES string of the molecule is CC[NH+](Cc1ccc(OC)c(F)c1)Cc1cc(=O)n2cc(C)ccc2n1. The summed E-state index contributed by atoms with van der Waals surface area (Å²) in [6.07, 6.45) is 1.79. The number of quaternary nitrogens is 1. The molecule has 0 fully saturated rings. The molecule has 0 aliphatic carbocycles. The van der Waals surface area contributed by atoms with Gasteiger partial charge >= 0.3 is 0 Å². The lowest BCUT2D eigenvalue weighted by molar-refractivity contribution is -0.926. The smallest absolute Gasteiger partial charge is 0.258 e. The summed E-state index contributed by atoms with van der Waals surface area (Å²) < 4.78 is 20.4. The Morgan fingerprint density at radius 3 is 2.69 bits per heavy atom. The minimum Gasteiger partial charge on any atom is -0.494 e. The van der Waals surface area contributed by atoms with Crippen LogP contribution < -0.4 is 15.2 Å². The van der Waals surface area contributed by atoms with Crippen LogP contribution in [-0.2, 0) is 13.1 Å². The number of halogens is 1. The fourth-order valence-corrected chi connectivity index (χ4v) is 3.03. The van der Waals surface area contributed by atoms with Crippen LogP contribution >= 0.6 is 0 Å². The Bertz CT molecular complexity index is 984. The molecule has 2 heterocycles. The first kappa shape index (κ1) is 18.1. The molecular formula is C20H23FN3O2+. The van der Waals surface area contributed by atoms with Gasteiger partial charge in [-0.15, -0.1) is 0 Å². The van der Waals surface area contributed by atoms with Crippen LogP contribution in [0.15, 0.2) is 47.4 Å². The molecule has 0 aliphatic heterocycles. The van der Waals surface area contributed by atoms with Crippen LogP contribution in [0.2, 0.25) is 0 Å². The number of pyridine rings is 1. The Morgan fingerprint density at radius 1 is 1.19 bits per heavy atom. The Balaban J connectivity index is 1.82. The molecule has 1 aromatic carbocycles. The molecule has 0 radical (unpaired) electrons. The molecule has 3 rings (SSSR count). The highest BCUT2D eigenvalue weighted by Crippen LogP contribution is 2.17. The summed E-state index contributed by atoms with van der Waals surface area (Å²) in [5, 5.41) is 0. The highest BCUT2D eigenvalue weighted by molar-refractivity contribution is 5.39. The van der Waals surface area contributed by atoms with Crippen molar-refractivity contribution in [2.75, 3.05) is 13.7 Å². The van der Waals surface area contributed by atoms with Gasteiger partial charge in [0.2, 0.25) is 0 Å². The summed E-state index contributed by atoms with van der Waals surface area (Å²) in [6.45, 7) is 6.09. The zero-order chi connectivity index (χ0) is 18.7. The average Bonchev–Trinajstić information content (AvgIpc) is 2.62. The summed E-state index contributed by atoms with van der Waals surface area (Å²) in [5.41, 5.74) is 3.19. The molecule has 6 heteroatoms. The van der Waals surface area contributed by atoms with Crippen LogP contribution in [0, 0.1) is 12.7 Å². The van der Waals surface area contributed by atoms with E-state index in [0.29, 0.717) is 18.7 Å². The van der Waals surface area contributed by atoms with Gasteiger partial charge in [0.15, 0.2) is 11.6 Å². The van der Waals surface area contributed by atoms with Crippen molar-refractivity contribution >= 4 is 5.65 Å². The fraction of sp³-hybridized carbons (Fsp3) is 0.300. The van der Waals surface area contributed by atoms with E-state index >= 15 is 0 Å². The average molecular weight is 356 g/mol. The van der Waals surface area contributed by atoms with E-state index in [-0.39, 0.29) is 17.1 Å². The maximum atomic E-state index is 13.9.